The zero-order chi connectivity index (χ0) is 18.0. The number of carbonyl (C=O) groups is 2. The van der Waals surface area contributed by atoms with Crippen LogP contribution in [-0.2, 0) is 4.79 Å². The second kappa shape index (κ2) is 6.86. The second-order valence-electron chi connectivity index (χ2n) is 7.21. The zero-order valence-corrected chi connectivity index (χ0v) is 14.6. The third-order valence-corrected chi connectivity index (χ3v) is 5.51. The molecule has 1 aliphatic heterocycles. The summed E-state index contributed by atoms with van der Waals surface area (Å²) < 4.78 is 0. The summed E-state index contributed by atoms with van der Waals surface area (Å²) in [7, 11) is 0. The lowest BCUT2D eigenvalue weighted by Gasteiger charge is -2.32. The molecule has 0 bridgehead atoms. The van der Waals surface area contributed by atoms with Crippen LogP contribution in [0.1, 0.15) is 36.0 Å². The van der Waals surface area contributed by atoms with Gasteiger partial charge >= 0.3 is 0 Å². The first-order valence-electron chi connectivity index (χ1n) is 9.09. The van der Waals surface area contributed by atoms with Gasteiger partial charge in [-0.3, -0.25) is 9.59 Å². The van der Waals surface area contributed by atoms with Gasteiger partial charge in [0, 0.05) is 36.6 Å². The van der Waals surface area contributed by atoms with E-state index in [1.54, 1.807) is 30.6 Å². The lowest BCUT2D eigenvalue weighted by Crippen LogP contribution is -2.44. The number of rotatable bonds is 4. The van der Waals surface area contributed by atoms with Gasteiger partial charge in [0.05, 0.1) is 6.54 Å². The average molecular weight is 350 g/mol. The van der Waals surface area contributed by atoms with E-state index in [1.165, 1.54) is 12.8 Å². The summed E-state index contributed by atoms with van der Waals surface area (Å²) in [6.07, 6.45) is 8.21. The van der Waals surface area contributed by atoms with E-state index in [0.717, 1.165) is 31.5 Å². The number of amides is 2. The van der Waals surface area contributed by atoms with Crippen molar-refractivity contribution >= 4 is 11.8 Å². The maximum Gasteiger partial charge on any atom is 0.251 e. The van der Waals surface area contributed by atoms with Crippen LogP contribution in [0.3, 0.4) is 0 Å². The van der Waals surface area contributed by atoms with Crippen molar-refractivity contribution in [3.05, 3.63) is 48.3 Å². The molecule has 6 nitrogen and oxygen atoms in total. The van der Waals surface area contributed by atoms with E-state index < -0.39 is 0 Å². The van der Waals surface area contributed by atoms with Crippen molar-refractivity contribution in [1.82, 2.24) is 20.2 Å². The molecular formula is C20H22N4O2. The Hall–Kier alpha value is -2.76. The van der Waals surface area contributed by atoms with Gasteiger partial charge in [0.2, 0.25) is 5.91 Å². The van der Waals surface area contributed by atoms with Crippen molar-refractivity contribution < 1.29 is 9.59 Å². The quantitative estimate of drug-likeness (QED) is 0.918. The van der Waals surface area contributed by atoms with Gasteiger partial charge in [-0.05, 0) is 49.3 Å². The Bertz CT molecular complexity index is 790. The molecule has 4 rings (SSSR count). The van der Waals surface area contributed by atoms with Crippen LogP contribution in [0, 0.1) is 5.41 Å². The maximum absolute atomic E-state index is 12.3. The van der Waals surface area contributed by atoms with Gasteiger partial charge in [0.1, 0.15) is 0 Å². The van der Waals surface area contributed by atoms with E-state index >= 15 is 0 Å². The molecule has 2 aromatic rings. The first-order valence-corrected chi connectivity index (χ1v) is 9.09. The smallest absolute Gasteiger partial charge is 0.251 e. The van der Waals surface area contributed by atoms with Crippen LogP contribution in [0.15, 0.2) is 42.7 Å². The summed E-state index contributed by atoms with van der Waals surface area (Å²) in [5, 5.41) is 2.73. The average Bonchev–Trinajstić information content (AvgIpc) is 3.46. The van der Waals surface area contributed by atoms with Gasteiger partial charge in [0.15, 0.2) is 5.82 Å². The van der Waals surface area contributed by atoms with E-state index in [2.05, 4.69) is 15.3 Å². The number of piperidine rings is 1. The summed E-state index contributed by atoms with van der Waals surface area (Å²) in [4.78, 5) is 34.8. The van der Waals surface area contributed by atoms with Gasteiger partial charge < -0.3 is 10.2 Å². The van der Waals surface area contributed by atoms with Crippen LogP contribution >= 0.6 is 0 Å². The van der Waals surface area contributed by atoms with E-state index in [9.17, 15) is 9.59 Å². The van der Waals surface area contributed by atoms with Gasteiger partial charge in [-0.25, -0.2) is 9.97 Å². The van der Waals surface area contributed by atoms with Crippen molar-refractivity contribution in [3.63, 3.8) is 0 Å². The molecule has 134 valence electrons. The number of hydrogen-bond acceptors (Lipinski definition) is 4. The maximum atomic E-state index is 12.3. The minimum Gasteiger partial charge on any atom is -0.343 e. The van der Waals surface area contributed by atoms with Crippen molar-refractivity contribution in [3.8, 4) is 11.4 Å². The molecule has 1 aromatic carbocycles. The molecule has 6 heteroatoms. The molecule has 2 aliphatic rings. The Morgan fingerprint density at radius 1 is 1.00 bits per heavy atom. The fraction of sp³-hybridized carbons (Fsp3) is 0.400. The van der Waals surface area contributed by atoms with Crippen molar-refractivity contribution in [2.24, 2.45) is 5.41 Å². The van der Waals surface area contributed by atoms with Crippen LogP contribution < -0.4 is 5.32 Å². The molecule has 1 saturated heterocycles. The van der Waals surface area contributed by atoms with E-state index in [4.69, 9.17) is 0 Å². The molecule has 1 N–H and O–H groups in total. The van der Waals surface area contributed by atoms with Crippen molar-refractivity contribution in [2.75, 3.05) is 19.6 Å². The predicted octanol–water partition coefficient (Wildman–Crippen LogP) is 2.28. The van der Waals surface area contributed by atoms with Crippen LogP contribution in [-0.4, -0.2) is 46.3 Å². The van der Waals surface area contributed by atoms with Crippen molar-refractivity contribution in [2.45, 2.75) is 25.7 Å². The number of nitrogens with one attached hydrogen (secondary N) is 1. The van der Waals surface area contributed by atoms with Crippen molar-refractivity contribution in [1.29, 1.82) is 0 Å². The molecule has 1 aromatic heterocycles. The standard InChI is InChI=1S/C20H22N4O2/c25-17(24-12-8-20(6-7-20)9-13-24)14-23-19(26)16-4-2-15(3-5-16)18-21-10-1-11-22-18/h1-5,10-11H,6-9,12-14H2,(H,23,26). The molecule has 1 saturated carbocycles. The molecule has 2 heterocycles. The highest BCUT2D eigenvalue weighted by atomic mass is 16.2. The normalized spacial score (nSPS) is 17.8. The Kier molecular flexibility index (Phi) is 4.41. The molecular weight excluding hydrogens is 328 g/mol. The molecule has 2 fully saturated rings. The molecule has 0 atom stereocenters. The third kappa shape index (κ3) is 3.59. The molecule has 0 radical (unpaired) electrons. The minimum absolute atomic E-state index is 0.00292. The molecule has 2 amide bonds. The number of carbonyl (C=O) groups excluding carboxylic acids is 2. The predicted molar refractivity (Wildman–Crippen MR) is 97.3 cm³/mol. The monoisotopic (exact) mass is 350 g/mol. The number of hydrogen-bond donors (Lipinski definition) is 1. The van der Waals surface area contributed by atoms with Gasteiger partial charge in [0.25, 0.3) is 5.91 Å². The fourth-order valence-electron chi connectivity index (χ4n) is 3.50. The first-order chi connectivity index (χ1) is 12.7. The summed E-state index contributed by atoms with van der Waals surface area (Å²) in [6, 6.07) is 8.83. The van der Waals surface area contributed by atoms with Crippen LogP contribution in [0.5, 0.6) is 0 Å². The highest BCUT2D eigenvalue weighted by Crippen LogP contribution is 2.53. The Balaban J connectivity index is 1.30. The van der Waals surface area contributed by atoms with Crippen LogP contribution in [0.25, 0.3) is 11.4 Å². The highest BCUT2D eigenvalue weighted by Gasteiger charge is 2.44. The summed E-state index contributed by atoms with van der Waals surface area (Å²) >= 11 is 0. The molecule has 26 heavy (non-hydrogen) atoms. The summed E-state index contributed by atoms with van der Waals surface area (Å²) in [5.41, 5.74) is 1.91. The SMILES string of the molecule is O=C(NCC(=O)N1CCC2(CC1)CC2)c1ccc(-c2ncccn2)cc1. The van der Waals surface area contributed by atoms with Crippen LogP contribution in [0.2, 0.25) is 0 Å². The fourth-order valence-corrected chi connectivity index (χ4v) is 3.50. The van der Waals surface area contributed by atoms with Gasteiger partial charge in [-0.1, -0.05) is 12.1 Å². The number of benzene rings is 1. The topological polar surface area (TPSA) is 75.2 Å². The van der Waals surface area contributed by atoms with Gasteiger partial charge in [-0.15, -0.1) is 0 Å². The molecule has 1 spiro atoms. The van der Waals surface area contributed by atoms with E-state index in [0.29, 0.717) is 16.8 Å². The number of likely N-dealkylation sites (tertiary alicyclic amines) is 1. The molecule has 1 aliphatic carbocycles. The largest absolute Gasteiger partial charge is 0.343 e. The minimum atomic E-state index is -0.241. The Labute approximate surface area is 152 Å². The van der Waals surface area contributed by atoms with E-state index in [-0.39, 0.29) is 18.4 Å². The van der Waals surface area contributed by atoms with E-state index in [1.807, 2.05) is 17.0 Å². The summed E-state index contributed by atoms with van der Waals surface area (Å²) in [5.74, 6) is 0.380. The lowest BCUT2D eigenvalue weighted by atomic mass is 9.94. The molecule has 0 unspecified atom stereocenters. The lowest BCUT2D eigenvalue weighted by molar-refractivity contribution is -0.131. The third-order valence-electron chi connectivity index (χ3n) is 5.51. The Morgan fingerprint density at radius 3 is 2.27 bits per heavy atom. The Morgan fingerprint density at radius 2 is 1.65 bits per heavy atom. The van der Waals surface area contributed by atoms with Gasteiger partial charge in [-0.2, -0.15) is 0 Å². The number of nitrogens with zero attached hydrogens (tertiary/aromatic N) is 3. The van der Waals surface area contributed by atoms with Crippen LogP contribution in [0.4, 0.5) is 0 Å². The second-order valence-corrected chi connectivity index (χ2v) is 7.21. The first kappa shape index (κ1) is 16.7. The zero-order valence-electron chi connectivity index (χ0n) is 14.6. The summed E-state index contributed by atoms with van der Waals surface area (Å²) in [6.45, 7) is 1.69. The number of aromatic nitrogens is 2. The highest BCUT2D eigenvalue weighted by molar-refractivity contribution is 5.96.